The summed E-state index contributed by atoms with van der Waals surface area (Å²) in [6, 6.07) is 0. The predicted octanol–water partition coefficient (Wildman–Crippen LogP) is 4.33. The van der Waals surface area contributed by atoms with Crippen molar-refractivity contribution in [1.29, 1.82) is 0 Å². The van der Waals surface area contributed by atoms with Gasteiger partial charge in [0.1, 0.15) is 0 Å². The van der Waals surface area contributed by atoms with E-state index in [9.17, 15) is 4.79 Å². The second-order valence-electron chi connectivity index (χ2n) is 4.58. The Kier molecular flexibility index (Phi) is 8.32. The first kappa shape index (κ1) is 15.5. The van der Waals surface area contributed by atoms with Crippen molar-refractivity contribution in [3.8, 4) is 0 Å². The van der Waals surface area contributed by atoms with Crippen LogP contribution in [-0.2, 0) is 9.53 Å². The van der Waals surface area contributed by atoms with E-state index in [1.807, 2.05) is 0 Å². The topological polar surface area (TPSA) is 26.3 Å². The van der Waals surface area contributed by atoms with Crippen LogP contribution in [0.4, 0.5) is 0 Å². The third-order valence-corrected chi connectivity index (χ3v) is 3.53. The normalized spacial score (nSPS) is 11.5. The summed E-state index contributed by atoms with van der Waals surface area (Å²) in [5.74, 6) is 0.0272. The van der Waals surface area contributed by atoms with Gasteiger partial charge in [0, 0.05) is 0 Å². The zero-order chi connectivity index (χ0) is 12.4. The van der Waals surface area contributed by atoms with Gasteiger partial charge in [-0.2, -0.15) is 0 Å². The fourth-order valence-corrected chi connectivity index (χ4v) is 1.97. The van der Waals surface area contributed by atoms with Gasteiger partial charge in [-0.3, -0.25) is 4.79 Å². The number of rotatable bonds is 9. The van der Waals surface area contributed by atoms with Gasteiger partial charge in [0.25, 0.3) is 0 Å². The molecule has 0 aromatic carbocycles. The van der Waals surface area contributed by atoms with E-state index in [0.717, 1.165) is 44.9 Å². The van der Waals surface area contributed by atoms with Crippen LogP contribution in [0.2, 0.25) is 0 Å². The van der Waals surface area contributed by atoms with E-state index >= 15 is 0 Å². The molecule has 0 saturated heterocycles. The lowest BCUT2D eigenvalue weighted by atomic mass is 9.78. The quantitative estimate of drug-likeness (QED) is 0.434. The van der Waals surface area contributed by atoms with Crippen molar-refractivity contribution in [2.24, 2.45) is 5.41 Å². The van der Waals surface area contributed by atoms with Gasteiger partial charge in [0.2, 0.25) is 0 Å². The molecule has 0 saturated carbocycles. The second kappa shape index (κ2) is 8.60. The monoisotopic (exact) mass is 228 g/mol. The number of carbonyl (C=O) groups excluding carboxylic acids is 1. The molecule has 0 aliphatic heterocycles. The molecule has 0 aliphatic rings. The van der Waals surface area contributed by atoms with Crippen molar-refractivity contribution in [2.45, 2.75) is 72.6 Å². The molecule has 0 bridgehead atoms. The molecule has 0 rings (SSSR count). The molecule has 0 spiro atoms. The number of carbonyl (C=O) groups is 1. The summed E-state index contributed by atoms with van der Waals surface area (Å²) in [6.07, 6.45) is 7.08. The number of hydrogen-bond donors (Lipinski definition) is 0. The van der Waals surface area contributed by atoms with E-state index in [-0.39, 0.29) is 11.4 Å². The third-order valence-electron chi connectivity index (χ3n) is 3.53. The molecule has 0 amide bonds. The van der Waals surface area contributed by atoms with E-state index in [0.29, 0.717) is 6.61 Å². The lowest BCUT2D eigenvalue weighted by Crippen LogP contribution is -2.32. The molecule has 2 heteroatoms. The Bertz CT molecular complexity index is 183. The van der Waals surface area contributed by atoms with Crippen LogP contribution < -0.4 is 0 Å². The Labute approximate surface area is 101 Å². The minimum atomic E-state index is -0.219. The van der Waals surface area contributed by atoms with Crippen LogP contribution in [0.5, 0.6) is 0 Å². The Morgan fingerprint density at radius 2 is 1.56 bits per heavy atom. The van der Waals surface area contributed by atoms with E-state index in [4.69, 9.17) is 4.74 Å². The average Bonchev–Trinajstić information content (AvgIpc) is 2.31. The maximum Gasteiger partial charge on any atom is 0.312 e. The molecule has 0 aromatic rings. The van der Waals surface area contributed by atoms with Crippen LogP contribution in [0.15, 0.2) is 0 Å². The molecule has 0 N–H and O–H groups in total. The molecule has 0 atom stereocenters. The summed E-state index contributed by atoms with van der Waals surface area (Å²) < 4.78 is 5.39. The van der Waals surface area contributed by atoms with Crippen LogP contribution in [0.1, 0.15) is 72.6 Å². The first-order valence-corrected chi connectivity index (χ1v) is 6.84. The number of ether oxygens (including phenoxy) is 1. The molecular formula is C14H28O2. The molecule has 0 radical (unpaired) electrons. The maximum absolute atomic E-state index is 12.1. The molecular weight excluding hydrogens is 200 g/mol. The maximum atomic E-state index is 12.1. The predicted molar refractivity (Wildman–Crippen MR) is 68.4 cm³/mol. The number of hydrogen-bond acceptors (Lipinski definition) is 2. The van der Waals surface area contributed by atoms with Crippen molar-refractivity contribution in [2.75, 3.05) is 6.61 Å². The van der Waals surface area contributed by atoms with Crippen LogP contribution >= 0.6 is 0 Å². The van der Waals surface area contributed by atoms with E-state index in [2.05, 4.69) is 27.7 Å². The highest BCUT2D eigenvalue weighted by molar-refractivity contribution is 5.76. The van der Waals surface area contributed by atoms with Crippen molar-refractivity contribution in [1.82, 2.24) is 0 Å². The van der Waals surface area contributed by atoms with E-state index in [1.165, 1.54) is 0 Å². The lowest BCUT2D eigenvalue weighted by molar-refractivity contribution is -0.157. The van der Waals surface area contributed by atoms with Gasteiger partial charge >= 0.3 is 5.97 Å². The van der Waals surface area contributed by atoms with Gasteiger partial charge < -0.3 is 4.74 Å². The number of unbranched alkanes of at least 4 members (excludes halogenated alkanes) is 2. The zero-order valence-corrected chi connectivity index (χ0v) is 11.5. The molecule has 16 heavy (non-hydrogen) atoms. The molecule has 0 aliphatic carbocycles. The lowest BCUT2D eigenvalue weighted by Gasteiger charge is -2.29. The Morgan fingerprint density at radius 3 is 2.00 bits per heavy atom. The minimum absolute atomic E-state index is 0.0272. The van der Waals surface area contributed by atoms with Crippen LogP contribution in [0.3, 0.4) is 0 Å². The van der Waals surface area contributed by atoms with Crippen molar-refractivity contribution < 1.29 is 9.53 Å². The average molecular weight is 228 g/mol. The van der Waals surface area contributed by atoms with Crippen LogP contribution in [0.25, 0.3) is 0 Å². The first-order valence-electron chi connectivity index (χ1n) is 6.84. The van der Waals surface area contributed by atoms with Gasteiger partial charge in [-0.25, -0.2) is 0 Å². The van der Waals surface area contributed by atoms with Gasteiger partial charge in [-0.15, -0.1) is 0 Å². The third kappa shape index (κ3) is 4.54. The summed E-state index contributed by atoms with van der Waals surface area (Å²) in [7, 11) is 0. The van der Waals surface area contributed by atoms with E-state index < -0.39 is 0 Å². The summed E-state index contributed by atoms with van der Waals surface area (Å²) in [4.78, 5) is 12.1. The molecule has 96 valence electrons. The molecule has 0 aromatic heterocycles. The smallest absolute Gasteiger partial charge is 0.312 e. The standard InChI is InChI=1S/C14H28O2/c1-5-9-11-14(7-3,8-4)13(15)16-12-10-6-2/h5-12H2,1-4H3. The largest absolute Gasteiger partial charge is 0.465 e. The Hall–Kier alpha value is -0.530. The van der Waals surface area contributed by atoms with Gasteiger partial charge in [-0.1, -0.05) is 47.0 Å². The molecule has 0 heterocycles. The Morgan fingerprint density at radius 1 is 1.00 bits per heavy atom. The van der Waals surface area contributed by atoms with Crippen LogP contribution in [-0.4, -0.2) is 12.6 Å². The van der Waals surface area contributed by atoms with Gasteiger partial charge in [-0.05, 0) is 25.7 Å². The van der Waals surface area contributed by atoms with Gasteiger partial charge in [0.15, 0.2) is 0 Å². The first-order chi connectivity index (χ1) is 7.66. The molecule has 0 unspecified atom stereocenters. The summed E-state index contributed by atoms with van der Waals surface area (Å²) in [6.45, 7) is 9.06. The van der Waals surface area contributed by atoms with Crippen molar-refractivity contribution >= 4 is 5.97 Å². The Balaban J connectivity index is 4.31. The highest BCUT2D eigenvalue weighted by Gasteiger charge is 2.35. The summed E-state index contributed by atoms with van der Waals surface area (Å²) >= 11 is 0. The fraction of sp³-hybridized carbons (Fsp3) is 0.929. The van der Waals surface area contributed by atoms with Gasteiger partial charge in [0.05, 0.1) is 12.0 Å². The van der Waals surface area contributed by atoms with E-state index in [1.54, 1.807) is 0 Å². The minimum Gasteiger partial charge on any atom is -0.465 e. The highest BCUT2D eigenvalue weighted by atomic mass is 16.5. The second-order valence-corrected chi connectivity index (χ2v) is 4.58. The molecule has 2 nitrogen and oxygen atoms in total. The summed E-state index contributed by atoms with van der Waals surface area (Å²) in [5, 5.41) is 0. The SMILES string of the molecule is CCCCOC(=O)C(CC)(CC)CCCC. The fourth-order valence-electron chi connectivity index (χ4n) is 1.97. The van der Waals surface area contributed by atoms with Crippen molar-refractivity contribution in [3.63, 3.8) is 0 Å². The zero-order valence-electron chi connectivity index (χ0n) is 11.5. The molecule has 0 fully saturated rings. The van der Waals surface area contributed by atoms with Crippen molar-refractivity contribution in [3.05, 3.63) is 0 Å². The summed E-state index contributed by atoms with van der Waals surface area (Å²) in [5.41, 5.74) is -0.219. The van der Waals surface area contributed by atoms with Crippen LogP contribution in [0, 0.1) is 5.41 Å². The number of esters is 1. The highest BCUT2D eigenvalue weighted by Crippen LogP contribution is 2.34.